The molecule has 0 fully saturated rings. The maximum absolute atomic E-state index is 5.19. The van der Waals surface area contributed by atoms with Crippen molar-refractivity contribution in [1.82, 2.24) is 5.16 Å². The summed E-state index contributed by atoms with van der Waals surface area (Å²) in [5.41, 5.74) is 1.48. The minimum atomic E-state index is 0.681. The Kier molecular flexibility index (Phi) is 1.16. The quantitative estimate of drug-likeness (QED) is 0.522. The van der Waals surface area contributed by atoms with Gasteiger partial charge in [-0.1, -0.05) is 11.1 Å². The lowest BCUT2D eigenvalue weighted by Crippen LogP contribution is -1.70. The molecule has 0 spiro atoms. The number of aromatic nitrogens is 1. The van der Waals surface area contributed by atoms with Crippen LogP contribution in [-0.4, -0.2) is 5.16 Å². The predicted molar refractivity (Wildman–Crippen MR) is 40.8 cm³/mol. The third-order valence-corrected chi connectivity index (χ3v) is 1.46. The van der Waals surface area contributed by atoms with Gasteiger partial charge in [-0.05, 0) is 18.2 Å². The van der Waals surface area contributed by atoms with Gasteiger partial charge in [0, 0.05) is 5.56 Å². The lowest BCUT2D eigenvalue weighted by Gasteiger charge is -1.86. The van der Waals surface area contributed by atoms with E-state index in [0.29, 0.717) is 5.58 Å². The van der Waals surface area contributed by atoms with E-state index in [1.165, 1.54) is 0 Å². The largest absolute Gasteiger partial charge is 0.356 e. The average molecular weight is 142 g/mol. The van der Waals surface area contributed by atoms with Crippen molar-refractivity contribution in [2.45, 2.75) is 0 Å². The second-order valence-electron chi connectivity index (χ2n) is 2.15. The Labute approximate surface area is 63.8 Å². The van der Waals surface area contributed by atoms with Gasteiger partial charge in [0.2, 0.25) is 0 Å². The Morgan fingerprint density at radius 1 is 1.55 bits per heavy atom. The number of terminal acetylenes is 1. The van der Waals surface area contributed by atoms with Crippen LogP contribution in [0.3, 0.4) is 0 Å². The number of nitrogens with zero attached hydrogens (tertiary/aromatic N) is 1. The van der Waals surface area contributed by atoms with Gasteiger partial charge >= 0.3 is 0 Å². The molecular formula is C9H4NO. The van der Waals surface area contributed by atoms with Crippen molar-refractivity contribution < 1.29 is 4.52 Å². The van der Waals surface area contributed by atoms with Crippen molar-refractivity contribution in [1.29, 1.82) is 0 Å². The van der Waals surface area contributed by atoms with E-state index in [9.17, 15) is 0 Å². The number of rotatable bonds is 0. The molecule has 51 valence electrons. The van der Waals surface area contributed by atoms with E-state index >= 15 is 0 Å². The van der Waals surface area contributed by atoms with Crippen LogP contribution in [0.15, 0.2) is 22.7 Å². The monoisotopic (exact) mass is 142 g/mol. The zero-order valence-electron chi connectivity index (χ0n) is 5.66. The summed E-state index contributed by atoms with van der Waals surface area (Å²) in [7, 11) is 0. The summed E-state index contributed by atoms with van der Waals surface area (Å²) in [5, 5.41) is 4.36. The van der Waals surface area contributed by atoms with Crippen molar-refractivity contribution in [3.63, 3.8) is 0 Å². The fourth-order valence-corrected chi connectivity index (χ4v) is 0.901. The third kappa shape index (κ3) is 0.870. The summed E-state index contributed by atoms with van der Waals surface area (Å²) in [6.07, 6.45) is 7.87. The van der Waals surface area contributed by atoms with E-state index in [2.05, 4.69) is 17.3 Å². The maximum atomic E-state index is 5.19. The highest BCUT2D eigenvalue weighted by atomic mass is 16.5. The maximum Gasteiger partial charge on any atom is 0.168 e. The van der Waals surface area contributed by atoms with Crippen LogP contribution in [-0.2, 0) is 0 Å². The molecular weight excluding hydrogens is 138 g/mol. The average Bonchev–Trinajstić information content (AvgIpc) is 2.50. The Hall–Kier alpha value is -1.75. The van der Waals surface area contributed by atoms with E-state index in [-0.39, 0.29) is 0 Å². The van der Waals surface area contributed by atoms with E-state index in [1.54, 1.807) is 6.07 Å². The van der Waals surface area contributed by atoms with Crippen molar-refractivity contribution in [3.8, 4) is 12.3 Å². The Balaban J connectivity index is 2.79. The molecule has 0 N–H and O–H groups in total. The van der Waals surface area contributed by atoms with Crippen LogP contribution in [0.5, 0.6) is 0 Å². The summed E-state index contributed by atoms with van der Waals surface area (Å²) in [5.74, 6) is 2.51. The number of hydrogen-bond donors (Lipinski definition) is 0. The highest BCUT2D eigenvalue weighted by molar-refractivity contribution is 5.76. The molecule has 0 aliphatic rings. The summed E-state index contributed by atoms with van der Waals surface area (Å²) < 4.78 is 4.86. The number of hydrogen-bond acceptors (Lipinski definition) is 2. The summed E-state index contributed by atoms with van der Waals surface area (Å²) in [6, 6.07) is 5.43. The molecule has 2 rings (SSSR count). The van der Waals surface area contributed by atoms with Crippen molar-refractivity contribution in [2.24, 2.45) is 0 Å². The second kappa shape index (κ2) is 2.14. The molecule has 0 saturated carbocycles. The van der Waals surface area contributed by atoms with Crippen molar-refractivity contribution in [2.75, 3.05) is 0 Å². The van der Waals surface area contributed by atoms with Gasteiger partial charge in [0.05, 0.1) is 5.39 Å². The third-order valence-electron chi connectivity index (χ3n) is 1.46. The standard InChI is InChI=1S/C9H4NO/c1-2-7-3-4-8-6-10-11-9(8)5-7/h1,3-5H. The van der Waals surface area contributed by atoms with Crippen LogP contribution in [0.2, 0.25) is 0 Å². The number of benzene rings is 1. The van der Waals surface area contributed by atoms with E-state index in [0.717, 1.165) is 10.9 Å². The molecule has 1 aromatic carbocycles. The molecule has 0 aliphatic carbocycles. The molecule has 0 saturated heterocycles. The van der Waals surface area contributed by atoms with Crippen LogP contribution < -0.4 is 0 Å². The molecule has 2 heteroatoms. The fourth-order valence-electron chi connectivity index (χ4n) is 0.901. The van der Waals surface area contributed by atoms with Crippen LogP contribution in [0.25, 0.3) is 11.0 Å². The lowest BCUT2D eigenvalue weighted by atomic mass is 10.2. The zero-order chi connectivity index (χ0) is 7.68. The van der Waals surface area contributed by atoms with Crippen molar-refractivity contribution >= 4 is 11.0 Å². The fraction of sp³-hybridized carbons (Fsp3) is 0. The molecule has 1 radical (unpaired) electrons. The van der Waals surface area contributed by atoms with Gasteiger partial charge in [-0.3, -0.25) is 0 Å². The normalized spacial score (nSPS) is 9.73. The minimum Gasteiger partial charge on any atom is -0.356 e. The van der Waals surface area contributed by atoms with Gasteiger partial charge in [0.25, 0.3) is 0 Å². The summed E-state index contributed by atoms with van der Waals surface area (Å²) in [6.45, 7) is 0. The van der Waals surface area contributed by atoms with E-state index in [4.69, 9.17) is 10.9 Å². The Bertz CT molecular complexity index is 422. The van der Waals surface area contributed by atoms with Gasteiger partial charge in [-0.25, -0.2) is 0 Å². The highest BCUT2D eigenvalue weighted by Gasteiger charge is 1.97. The second-order valence-corrected chi connectivity index (χ2v) is 2.15. The van der Waals surface area contributed by atoms with Crippen molar-refractivity contribution in [3.05, 3.63) is 30.0 Å². The van der Waals surface area contributed by atoms with Gasteiger partial charge < -0.3 is 4.52 Å². The molecule has 11 heavy (non-hydrogen) atoms. The Morgan fingerprint density at radius 2 is 2.45 bits per heavy atom. The molecule has 2 aromatic rings. The van der Waals surface area contributed by atoms with Crippen LogP contribution >= 0.6 is 0 Å². The molecule has 0 atom stereocenters. The first-order valence-corrected chi connectivity index (χ1v) is 3.14. The first kappa shape index (κ1) is 5.99. The van der Waals surface area contributed by atoms with E-state index in [1.807, 2.05) is 12.1 Å². The molecule has 0 bridgehead atoms. The van der Waals surface area contributed by atoms with Gasteiger partial charge in [0.15, 0.2) is 5.58 Å². The van der Waals surface area contributed by atoms with Crippen LogP contribution in [0.1, 0.15) is 5.56 Å². The van der Waals surface area contributed by atoms with Gasteiger partial charge in [-0.15, -0.1) is 6.42 Å². The zero-order valence-corrected chi connectivity index (χ0v) is 5.66. The summed E-state index contributed by atoms with van der Waals surface area (Å²) >= 11 is 0. The lowest BCUT2D eigenvalue weighted by molar-refractivity contribution is 0.454. The van der Waals surface area contributed by atoms with Gasteiger partial charge in [0.1, 0.15) is 6.20 Å². The molecule has 0 aliphatic heterocycles. The first-order valence-electron chi connectivity index (χ1n) is 3.14. The smallest absolute Gasteiger partial charge is 0.168 e. The van der Waals surface area contributed by atoms with E-state index < -0.39 is 0 Å². The first-order chi connectivity index (χ1) is 5.40. The SMILES string of the molecule is C#Cc1ccc2[c]noc2c1. The summed E-state index contributed by atoms with van der Waals surface area (Å²) in [4.78, 5) is 0. The highest BCUT2D eigenvalue weighted by Crippen LogP contribution is 2.13. The molecule has 0 unspecified atom stereocenters. The molecule has 2 nitrogen and oxygen atoms in total. The Morgan fingerprint density at radius 3 is 3.27 bits per heavy atom. The number of fused-ring (bicyclic) bond motifs is 1. The molecule has 1 heterocycles. The van der Waals surface area contributed by atoms with Gasteiger partial charge in [-0.2, -0.15) is 0 Å². The molecule has 1 aromatic heterocycles. The predicted octanol–water partition coefficient (Wildman–Crippen LogP) is 1.61. The molecule has 0 amide bonds. The topological polar surface area (TPSA) is 26.0 Å². The minimum absolute atomic E-state index is 0.681. The van der Waals surface area contributed by atoms with Crippen LogP contribution in [0, 0.1) is 18.5 Å². The van der Waals surface area contributed by atoms with Crippen LogP contribution in [0.4, 0.5) is 0 Å².